The molecule has 1 aromatic rings. The highest BCUT2D eigenvalue weighted by molar-refractivity contribution is 5.76. The van der Waals surface area contributed by atoms with E-state index in [4.69, 9.17) is 9.47 Å². The van der Waals surface area contributed by atoms with Crippen molar-refractivity contribution in [2.24, 2.45) is 11.8 Å². The predicted octanol–water partition coefficient (Wildman–Crippen LogP) is 3.67. The van der Waals surface area contributed by atoms with Gasteiger partial charge in [0.15, 0.2) is 0 Å². The number of rotatable bonds is 5. The van der Waals surface area contributed by atoms with Crippen LogP contribution in [0, 0.1) is 11.8 Å². The van der Waals surface area contributed by atoms with Crippen LogP contribution in [0.5, 0.6) is 0 Å². The van der Waals surface area contributed by atoms with E-state index in [1.807, 2.05) is 39.0 Å². The molecule has 0 aliphatic carbocycles. The summed E-state index contributed by atoms with van der Waals surface area (Å²) in [6.07, 6.45) is 1.36. The van der Waals surface area contributed by atoms with Gasteiger partial charge in [0.05, 0.1) is 12.5 Å². The molecule has 0 saturated carbocycles. The van der Waals surface area contributed by atoms with Crippen LogP contribution in [-0.2, 0) is 20.7 Å². The second-order valence-corrected chi connectivity index (χ2v) is 7.53. The van der Waals surface area contributed by atoms with Crippen molar-refractivity contribution < 1.29 is 19.1 Å². The lowest BCUT2D eigenvalue weighted by Crippen LogP contribution is -2.36. The number of aryl methyl sites for hydroxylation is 1. The predicted molar refractivity (Wildman–Crippen MR) is 96.2 cm³/mol. The SMILES string of the molecule is CCOC(=O)C1CN(C(=O)OC(C)(C)C)C[C@@H]1CCc1ccccc1. The maximum absolute atomic E-state index is 12.4. The number of amides is 1. The Morgan fingerprint density at radius 2 is 1.84 bits per heavy atom. The lowest BCUT2D eigenvalue weighted by molar-refractivity contribution is -0.148. The number of ether oxygens (including phenoxy) is 2. The molecule has 2 rings (SSSR count). The van der Waals surface area contributed by atoms with E-state index in [9.17, 15) is 9.59 Å². The van der Waals surface area contributed by atoms with Crippen molar-refractivity contribution in [3.63, 3.8) is 0 Å². The zero-order chi connectivity index (χ0) is 18.4. The maximum atomic E-state index is 12.4. The maximum Gasteiger partial charge on any atom is 0.410 e. The Hall–Kier alpha value is -2.04. The number of hydrogen-bond donors (Lipinski definition) is 0. The van der Waals surface area contributed by atoms with Crippen LogP contribution in [0.1, 0.15) is 39.7 Å². The fourth-order valence-corrected chi connectivity index (χ4v) is 3.15. The van der Waals surface area contributed by atoms with Gasteiger partial charge in [-0.3, -0.25) is 4.79 Å². The van der Waals surface area contributed by atoms with E-state index in [1.165, 1.54) is 5.56 Å². The number of nitrogens with zero attached hydrogens (tertiary/aromatic N) is 1. The van der Waals surface area contributed by atoms with Crippen molar-refractivity contribution in [3.8, 4) is 0 Å². The van der Waals surface area contributed by atoms with E-state index < -0.39 is 5.60 Å². The van der Waals surface area contributed by atoms with E-state index in [1.54, 1.807) is 11.8 Å². The summed E-state index contributed by atoms with van der Waals surface area (Å²) in [7, 11) is 0. The summed E-state index contributed by atoms with van der Waals surface area (Å²) in [4.78, 5) is 26.3. The molecule has 5 heteroatoms. The highest BCUT2D eigenvalue weighted by Gasteiger charge is 2.41. The van der Waals surface area contributed by atoms with Crippen LogP contribution in [0.25, 0.3) is 0 Å². The average Bonchev–Trinajstić information content (AvgIpc) is 2.97. The van der Waals surface area contributed by atoms with Crippen molar-refractivity contribution in [2.75, 3.05) is 19.7 Å². The Balaban J connectivity index is 2.03. The standard InChI is InChI=1S/C20H29NO4/c1-5-24-18(22)17-14-21(19(23)25-20(2,3)4)13-16(17)12-11-15-9-7-6-8-10-15/h6-10,16-17H,5,11-14H2,1-4H3/t16-,17?/m0/s1. The third-order valence-electron chi connectivity index (χ3n) is 4.33. The van der Waals surface area contributed by atoms with Gasteiger partial charge in [-0.2, -0.15) is 0 Å². The molecule has 1 unspecified atom stereocenters. The first-order chi connectivity index (χ1) is 11.8. The van der Waals surface area contributed by atoms with E-state index in [-0.39, 0.29) is 23.9 Å². The molecular formula is C20H29NO4. The van der Waals surface area contributed by atoms with Gasteiger partial charge >= 0.3 is 12.1 Å². The Bertz CT molecular complexity index is 579. The smallest absolute Gasteiger partial charge is 0.410 e. The Morgan fingerprint density at radius 1 is 1.16 bits per heavy atom. The number of likely N-dealkylation sites (tertiary alicyclic amines) is 1. The molecule has 1 amide bonds. The molecule has 1 fully saturated rings. The molecule has 0 aromatic heterocycles. The second-order valence-electron chi connectivity index (χ2n) is 7.53. The highest BCUT2D eigenvalue weighted by atomic mass is 16.6. The summed E-state index contributed by atoms with van der Waals surface area (Å²) in [5, 5.41) is 0. The van der Waals surface area contributed by atoms with Crippen LogP contribution in [0.3, 0.4) is 0 Å². The molecule has 138 valence electrons. The first-order valence-electron chi connectivity index (χ1n) is 8.98. The van der Waals surface area contributed by atoms with Crippen LogP contribution in [-0.4, -0.2) is 42.3 Å². The lowest BCUT2D eigenvalue weighted by atomic mass is 9.90. The van der Waals surface area contributed by atoms with Crippen molar-refractivity contribution in [1.29, 1.82) is 0 Å². The van der Waals surface area contributed by atoms with Crippen LogP contribution < -0.4 is 0 Å². The third-order valence-corrected chi connectivity index (χ3v) is 4.33. The Morgan fingerprint density at radius 3 is 2.44 bits per heavy atom. The summed E-state index contributed by atoms with van der Waals surface area (Å²) in [5.41, 5.74) is 0.694. The van der Waals surface area contributed by atoms with Gasteiger partial charge in [0, 0.05) is 13.1 Å². The van der Waals surface area contributed by atoms with Crippen molar-refractivity contribution in [1.82, 2.24) is 4.90 Å². The van der Waals surface area contributed by atoms with Crippen LogP contribution in [0.4, 0.5) is 4.79 Å². The molecule has 0 N–H and O–H groups in total. The molecule has 1 heterocycles. The minimum atomic E-state index is -0.543. The van der Waals surface area contributed by atoms with Crippen LogP contribution in [0.2, 0.25) is 0 Å². The monoisotopic (exact) mass is 347 g/mol. The van der Waals surface area contributed by atoms with Crippen molar-refractivity contribution in [2.45, 2.75) is 46.1 Å². The minimum Gasteiger partial charge on any atom is -0.466 e. The first kappa shape index (κ1) is 19.3. The van der Waals surface area contributed by atoms with Gasteiger partial charge in [0.2, 0.25) is 0 Å². The molecule has 2 atom stereocenters. The normalized spacial score (nSPS) is 20.4. The average molecular weight is 347 g/mol. The Kier molecular flexibility index (Phi) is 6.45. The molecule has 0 radical (unpaired) electrons. The zero-order valence-corrected chi connectivity index (χ0v) is 15.7. The van der Waals surface area contributed by atoms with Crippen molar-refractivity contribution >= 4 is 12.1 Å². The van der Waals surface area contributed by atoms with E-state index >= 15 is 0 Å². The largest absolute Gasteiger partial charge is 0.466 e. The lowest BCUT2D eigenvalue weighted by Gasteiger charge is -2.24. The summed E-state index contributed by atoms with van der Waals surface area (Å²) in [6, 6.07) is 10.2. The van der Waals surface area contributed by atoms with Gasteiger partial charge in [-0.1, -0.05) is 30.3 Å². The van der Waals surface area contributed by atoms with Crippen LogP contribution in [0.15, 0.2) is 30.3 Å². The Labute approximate surface area is 150 Å². The van der Waals surface area contributed by atoms with Gasteiger partial charge in [0.25, 0.3) is 0 Å². The number of carbonyl (C=O) groups is 2. The van der Waals surface area contributed by atoms with E-state index in [2.05, 4.69) is 12.1 Å². The molecule has 0 bridgehead atoms. The highest BCUT2D eigenvalue weighted by Crippen LogP contribution is 2.30. The number of carbonyl (C=O) groups excluding carboxylic acids is 2. The first-order valence-corrected chi connectivity index (χ1v) is 8.98. The molecule has 0 spiro atoms. The second kappa shape index (κ2) is 8.37. The van der Waals surface area contributed by atoms with Crippen LogP contribution >= 0.6 is 0 Å². The molecule has 1 aliphatic rings. The van der Waals surface area contributed by atoms with Gasteiger partial charge in [-0.05, 0) is 52.0 Å². The topological polar surface area (TPSA) is 55.8 Å². The van der Waals surface area contributed by atoms with Gasteiger partial charge in [-0.25, -0.2) is 4.79 Å². The quantitative estimate of drug-likeness (QED) is 0.763. The van der Waals surface area contributed by atoms with E-state index in [0.717, 1.165) is 12.8 Å². The molecule has 25 heavy (non-hydrogen) atoms. The van der Waals surface area contributed by atoms with Gasteiger partial charge in [0.1, 0.15) is 5.60 Å². The molecule has 1 aromatic carbocycles. The third kappa shape index (κ3) is 5.76. The van der Waals surface area contributed by atoms with E-state index in [0.29, 0.717) is 19.7 Å². The number of esters is 1. The fourth-order valence-electron chi connectivity index (χ4n) is 3.15. The van der Waals surface area contributed by atoms with Crippen molar-refractivity contribution in [3.05, 3.63) is 35.9 Å². The summed E-state index contributed by atoms with van der Waals surface area (Å²) in [5.74, 6) is -0.408. The summed E-state index contributed by atoms with van der Waals surface area (Å²) >= 11 is 0. The zero-order valence-electron chi connectivity index (χ0n) is 15.7. The molecule has 1 aliphatic heterocycles. The molecule has 5 nitrogen and oxygen atoms in total. The summed E-state index contributed by atoms with van der Waals surface area (Å²) in [6.45, 7) is 8.59. The summed E-state index contributed by atoms with van der Waals surface area (Å²) < 4.78 is 10.7. The number of benzene rings is 1. The molecule has 1 saturated heterocycles. The van der Waals surface area contributed by atoms with Gasteiger partial charge in [-0.15, -0.1) is 0 Å². The van der Waals surface area contributed by atoms with Gasteiger partial charge < -0.3 is 14.4 Å². The minimum absolute atomic E-state index is 0.0896. The number of hydrogen-bond acceptors (Lipinski definition) is 4. The molecular weight excluding hydrogens is 318 g/mol. The fraction of sp³-hybridized carbons (Fsp3) is 0.600.